The van der Waals surface area contributed by atoms with Crippen LogP contribution in [0, 0.1) is 18.6 Å². The summed E-state index contributed by atoms with van der Waals surface area (Å²) in [4.78, 5) is 0. The molecule has 4 heteroatoms. The van der Waals surface area contributed by atoms with Gasteiger partial charge in [0.25, 0.3) is 0 Å². The van der Waals surface area contributed by atoms with E-state index in [0.717, 1.165) is 0 Å². The summed E-state index contributed by atoms with van der Waals surface area (Å²) < 4.78 is 31.8. The van der Waals surface area contributed by atoms with Crippen LogP contribution in [-0.4, -0.2) is 5.11 Å². The zero-order valence-electron chi connectivity index (χ0n) is 10.7. The molecule has 0 heterocycles. The first-order valence-corrected chi connectivity index (χ1v) is 5.89. The third-order valence-corrected chi connectivity index (χ3v) is 2.78. The van der Waals surface area contributed by atoms with E-state index >= 15 is 0 Å². The Hall–Kier alpha value is -1.94. The van der Waals surface area contributed by atoms with Gasteiger partial charge in [-0.15, -0.1) is 0 Å². The highest BCUT2D eigenvalue weighted by Crippen LogP contribution is 2.32. The first-order valence-electron chi connectivity index (χ1n) is 5.89. The van der Waals surface area contributed by atoms with E-state index in [1.807, 2.05) is 0 Å². The lowest BCUT2D eigenvalue weighted by Gasteiger charge is -2.14. The molecule has 0 aromatic heterocycles. The molecule has 2 nitrogen and oxygen atoms in total. The Morgan fingerprint density at radius 2 is 1.58 bits per heavy atom. The molecule has 2 aromatic rings. The van der Waals surface area contributed by atoms with Crippen molar-refractivity contribution in [2.24, 2.45) is 0 Å². The smallest absolute Gasteiger partial charge is 0.133 e. The topological polar surface area (TPSA) is 29.5 Å². The summed E-state index contributed by atoms with van der Waals surface area (Å²) in [6.45, 7) is 3.24. The minimum Gasteiger partial charge on any atom is -0.457 e. The average Bonchev–Trinajstić information content (AvgIpc) is 2.34. The van der Waals surface area contributed by atoms with Gasteiger partial charge in [-0.2, -0.15) is 0 Å². The molecule has 2 aromatic carbocycles. The van der Waals surface area contributed by atoms with Crippen LogP contribution in [-0.2, 0) is 0 Å². The summed E-state index contributed by atoms with van der Waals surface area (Å²) >= 11 is 0. The number of aryl methyl sites for hydroxylation is 1. The first-order chi connectivity index (χ1) is 8.97. The van der Waals surface area contributed by atoms with Crippen molar-refractivity contribution in [3.8, 4) is 11.5 Å². The van der Waals surface area contributed by atoms with Crippen molar-refractivity contribution >= 4 is 0 Å². The monoisotopic (exact) mass is 264 g/mol. The minimum absolute atomic E-state index is 0.347. The third-order valence-electron chi connectivity index (χ3n) is 2.78. The third kappa shape index (κ3) is 3.09. The number of hydrogen-bond acceptors (Lipinski definition) is 2. The molecule has 0 radical (unpaired) electrons. The fourth-order valence-corrected chi connectivity index (χ4v) is 1.78. The van der Waals surface area contributed by atoms with E-state index in [-0.39, 0.29) is 5.82 Å². The average molecular weight is 264 g/mol. The first kappa shape index (κ1) is 13.5. The van der Waals surface area contributed by atoms with Crippen molar-refractivity contribution in [3.05, 3.63) is 59.2 Å². The van der Waals surface area contributed by atoms with Crippen LogP contribution in [0.2, 0.25) is 0 Å². The molecule has 0 saturated heterocycles. The maximum Gasteiger partial charge on any atom is 0.133 e. The van der Waals surface area contributed by atoms with Gasteiger partial charge < -0.3 is 9.84 Å². The standard InChI is InChI=1S/C15H14F2O2/c1-9-7-11(16)3-5-14(9)19-15-6-4-12(17)8-13(15)10(2)18/h3-8,10,18H,1-2H3/t10-/m0/s1. The Balaban J connectivity index is 2.38. The molecular weight excluding hydrogens is 250 g/mol. The van der Waals surface area contributed by atoms with Gasteiger partial charge in [0.15, 0.2) is 0 Å². The zero-order chi connectivity index (χ0) is 14.0. The van der Waals surface area contributed by atoms with Crippen LogP contribution >= 0.6 is 0 Å². The molecule has 19 heavy (non-hydrogen) atoms. The molecule has 0 aliphatic carbocycles. The number of rotatable bonds is 3. The van der Waals surface area contributed by atoms with Gasteiger partial charge in [-0.1, -0.05) is 0 Å². The van der Waals surface area contributed by atoms with E-state index in [0.29, 0.717) is 22.6 Å². The zero-order valence-corrected chi connectivity index (χ0v) is 10.7. The van der Waals surface area contributed by atoms with Crippen molar-refractivity contribution < 1.29 is 18.6 Å². The van der Waals surface area contributed by atoms with Gasteiger partial charge >= 0.3 is 0 Å². The Bertz CT molecular complexity index is 595. The Labute approximate surface area is 110 Å². The molecule has 0 amide bonds. The lowest BCUT2D eigenvalue weighted by Crippen LogP contribution is -1.98. The van der Waals surface area contributed by atoms with Gasteiger partial charge in [0.05, 0.1) is 6.10 Å². The van der Waals surface area contributed by atoms with Crippen LogP contribution in [0.1, 0.15) is 24.2 Å². The summed E-state index contributed by atoms with van der Waals surface area (Å²) in [5.41, 5.74) is 0.976. The van der Waals surface area contributed by atoms with E-state index in [1.165, 1.54) is 43.3 Å². The lowest BCUT2D eigenvalue weighted by atomic mass is 10.1. The molecule has 0 bridgehead atoms. The van der Waals surface area contributed by atoms with Crippen LogP contribution in [0.15, 0.2) is 36.4 Å². The molecule has 0 saturated carbocycles. The Morgan fingerprint density at radius 3 is 2.16 bits per heavy atom. The Kier molecular flexibility index (Phi) is 3.81. The van der Waals surface area contributed by atoms with Crippen molar-refractivity contribution in [1.29, 1.82) is 0 Å². The minimum atomic E-state index is -0.855. The van der Waals surface area contributed by atoms with Gasteiger partial charge in [-0.05, 0) is 55.8 Å². The molecule has 0 aliphatic rings. The molecule has 0 spiro atoms. The highest BCUT2D eigenvalue weighted by Gasteiger charge is 2.12. The van der Waals surface area contributed by atoms with Crippen molar-refractivity contribution in [3.63, 3.8) is 0 Å². The fourth-order valence-electron chi connectivity index (χ4n) is 1.78. The number of aliphatic hydroxyl groups excluding tert-OH is 1. The highest BCUT2D eigenvalue weighted by atomic mass is 19.1. The second-order valence-corrected chi connectivity index (χ2v) is 4.37. The molecule has 0 unspecified atom stereocenters. The van der Waals surface area contributed by atoms with Gasteiger partial charge in [0.1, 0.15) is 23.1 Å². The van der Waals surface area contributed by atoms with E-state index in [4.69, 9.17) is 4.74 Å². The van der Waals surface area contributed by atoms with Crippen molar-refractivity contribution in [1.82, 2.24) is 0 Å². The second kappa shape index (κ2) is 5.36. The van der Waals surface area contributed by atoms with Crippen LogP contribution in [0.3, 0.4) is 0 Å². The van der Waals surface area contributed by atoms with Crippen LogP contribution < -0.4 is 4.74 Å². The predicted molar refractivity (Wildman–Crippen MR) is 68.2 cm³/mol. The SMILES string of the molecule is Cc1cc(F)ccc1Oc1ccc(F)cc1[C@H](C)O. The van der Waals surface area contributed by atoms with Gasteiger partial charge in [0.2, 0.25) is 0 Å². The summed E-state index contributed by atoms with van der Waals surface area (Å²) in [6.07, 6.45) is -0.855. The quantitative estimate of drug-likeness (QED) is 0.903. The maximum atomic E-state index is 13.2. The Morgan fingerprint density at radius 1 is 1.00 bits per heavy atom. The van der Waals surface area contributed by atoms with E-state index in [2.05, 4.69) is 0 Å². The normalized spacial score (nSPS) is 12.3. The highest BCUT2D eigenvalue weighted by molar-refractivity contribution is 5.42. The number of benzene rings is 2. The van der Waals surface area contributed by atoms with Crippen LogP contribution in [0.25, 0.3) is 0 Å². The summed E-state index contributed by atoms with van der Waals surface area (Å²) in [6, 6.07) is 8.05. The van der Waals surface area contributed by atoms with Gasteiger partial charge in [0, 0.05) is 5.56 Å². The summed E-state index contributed by atoms with van der Waals surface area (Å²) in [5.74, 6) is 0.0276. The fraction of sp³-hybridized carbons (Fsp3) is 0.200. The predicted octanol–water partition coefficient (Wildman–Crippen LogP) is 4.12. The number of halogens is 2. The number of aliphatic hydroxyl groups is 1. The van der Waals surface area contributed by atoms with Gasteiger partial charge in [-0.3, -0.25) is 0 Å². The maximum absolute atomic E-state index is 13.2. The molecule has 2 rings (SSSR count). The second-order valence-electron chi connectivity index (χ2n) is 4.37. The van der Waals surface area contributed by atoms with Crippen LogP contribution in [0.5, 0.6) is 11.5 Å². The summed E-state index contributed by atoms with van der Waals surface area (Å²) in [7, 11) is 0. The molecule has 1 atom stereocenters. The lowest BCUT2D eigenvalue weighted by molar-refractivity contribution is 0.195. The van der Waals surface area contributed by atoms with E-state index < -0.39 is 11.9 Å². The number of ether oxygens (including phenoxy) is 1. The van der Waals surface area contributed by atoms with Crippen molar-refractivity contribution in [2.75, 3.05) is 0 Å². The summed E-state index contributed by atoms with van der Waals surface area (Å²) in [5, 5.41) is 9.61. The van der Waals surface area contributed by atoms with E-state index in [1.54, 1.807) is 6.92 Å². The molecule has 0 fully saturated rings. The molecule has 0 aliphatic heterocycles. The van der Waals surface area contributed by atoms with Gasteiger partial charge in [-0.25, -0.2) is 8.78 Å². The van der Waals surface area contributed by atoms with Crippen LogP contribution in [0.4, 0.5) is 8.78 Å². The molecule has 1 N–H and O–H groups in total. The van der Waals surface area contributed by atoms with Crippen molar-refractivity contribution in [2.45, 2.75) is 20.0 Å². The number of hydrogen-bond donors (Lipinski definition) is 1. The molecule has 100 valence electrons. The van der Waals surface area contributed by atoms with E-state index in [9.17, 15) is 13.9 Å². The molecular formula is C15H14F2O2. The largest absolute Gasteiger partial charge is 0.457 e.